The molecule has 3 N–H and O–H groups in total. The van der Waals surface area contributed by atoms with Crippen LogP contribution in [0.25, 0.3) is 17.0 Å². The highest BCUT2D eigenvalue weighted by Crippen LogP contribution is 2.27. The lowest BCUT2D eigenvalue weighted by Crippen LogP contribution is -2.16. The molecule has 0 fully saturated rings. The zero-order valence-electron chi connectivity index (χ0n) is 15.0. The summed E-state index contributed by atoms with van der Waals surface area (Å²) in [6, 6.07) is 17.1. The van der Waals surface area contributed by atoms with Gasteiger partial charge in [0.05, 0.1) is 24.2 Å². The van der Waals surface area contributed by atoms with Gasteiger partial charge in [0, 0.05) is 17.2 Å². The van der Waals surface area contributed by atoms with Gasteiger partial charge in [-0.2, -0.15) is 0 Å². The molecule has 2 aromatic carbocycles. The van der Waals surface area contributed by atoms with E-state index in [0.717, 1.165) is 16.7 Å². The minimum atomic E-state index is -0.0516. The lowest BCUT2D eigenvalue weighted by atomic mass is 10.1. The molecule has 0 atom stereocenters. The molecule has 6 nitrogen and oxygen atoms in total. The number of ether oxygens (including phenoxy) is 1. The fourth-order valence-corrected chi connectivity index (χ4v) is 2.84. The summed E-state index contributed by atoms with van der Waals surface area (Å²) in [7, 11) is 0. The number of aromatic nitrogens is 2. The second-order valence-corrected chi connectivity index (χ2v) is 6.23. The summed E-state index contributed by atoms with van der Waals surface area (Å²) in [5, 5.41) is 9.37. The number of benzene rings is 2. The van der Waals surface area contributed by atoms with Gasteiger partial charge in [-0.25, -0.2) is 15.0 Å². The van der Waals surface area contributed by atoms with Crippen molar-refractivity contribution in [2.24, 2.45) is 4.99 Å². The van der Waals surface area contributed by atoms with Crippen LogP contribution in [-0.4, -0.2) is 21.0 Å². The van der Waals surface area contributed by atoms with Gasteiger partial charge in [0.15, 0.2) is 11.5 Å². The van der Waals surface area contributed by atoms with Crippen LogP contribution in [0, 0.1) is 0 Å². The molecule has 1 aliphatic rings. The van der Waals surface area contributed by atoms with E-state index in [4.69, 9.17) is 10.5 Å². The highest BCUT2D eigenvalue weighted by atomic mass is 16.5. The summed E-state index contributed by atoms with van der Waals surface area (Å²) in [4.78, 5) is 13.2. The molecule has 28 heavy (non-hydrogen) atoms. The van der Waals surface area contributed by atoms with E-state index in [1.807, 2.05) is 54.6 Å². The smallest absolute Gasteiger partial charge is 0.249 e. The van der Waals surface area contributed by atoms with Crippen molar-refractivity contribution in [3.63, 3.8) is 0 Å². The number of rotatable bonds is 4. The van der Waals surface area contributed by atoms with Crippen LogP contribution in [0.1, 0.15) is 16.8 Å². The maximum Gasteiger partial charge on any atom is 0.249 e. The molecule has 3 aromatic rings. The molecule has 6 heteroatoms. The Morgan fingerprint density at radius 1 is 1.04 bits per heavy atom. The molecular formula is C22H18N4O2. The molecule has 0 saturated heterocycles. The average Bonchev–Trinajstić information content (AvgIpc) is 2.74. The number of allylic oxidation sites excluding steroid dienone is 1. The Morgan fingerprint density at radius 2 is 1.82 bits per heavy atom. The first-order chi connectivity index (χ1) is 13.6. The zero-order chi connectivity index (χ0) is 19.5. The van der Waals surface area contributed by atoms with Crippen LogP contribution in [0.15, 0.2) is 84.1 Å². The number of anilines is 1. The average molecular weight is 370 g/mol. The van der Waals surface area contributed by atoms with E-state index in [-0.39, 0.29) is 18.3 Å². The summed E-state index contributed by atoms with van der Waals surface area (Å²) in [6.45, 7) is 3.89. The highest BCUT2D eigenvalue weighted by Gasteiger charge is 2.20. The van der Waals surface area contributed by atoms with Gasteiger partial charge in [-0.1, -0.05) is 55.1 Å². The maximum atomic E-state index is 9.37. The summed E-state index contributed by atoms with van der Waals surface area (Å²) in [5.41, 5.74) is 10.0. The Morgan fingerprint density at radius 3 is 2.61 bits per heavy atom. The van der Waals surface area contributed by atoms with Gasteiger partial charge in [-0.15, -0.1) is 0 Å². The molecule has 0 radical (unpaired) electrons. The second-order valence-electron chi connectivity index (χ2n) is 6.23. The van der Waals surface area contributed by atoms with Crippen molar-refractivity contribution in [2.75, 3.05) is 5.73 Å². The number of hydrogen-bond acceptors (Lipinski definition) is 6. The van der Waals surface area contributed by atoms with E-state index in [1.54, 1.807) is 12.3 Å². The Labute approximate surface area is 162 Å². The van der Waals surface area contributed by atoms with Gasteiger partial charge < -0.3 is 15.6 Å². The number of nitrogen functional groups attached to an aromatic ring is 1. The van der Waals surface area contributed by atoms with Crippen molar-refractivity contribution in [3.05, 3.63) is 96.0 Å². The van der Waals surface area contributed by atoms with Crippen LogP contribution in [-0.2, 0) is 11.3 Å². The summed E-state index contributed by atoms with van der Waals surface area (Å²) in [5.74, 6) is 1.07. The Bertz CT molecular complexity index is 1100. The molecule has 2 heterocycles. The normalized spacial score (nSPS) is 13.5. The Hall–Kier alpha value is -3.77. The molecule has 0 saturated carbocycles. The summed E-state index contributed by atoms with van der Waals surface area (Å²) < 4.78 is 5.97. The zero-order valence-corrected chi connectivity index (χ0v) is 15.0. The third-order valence-corrected chi connectivity index (χ3v) is 4.22. The van der Waals surface area contributed by atoms with Crippen molar-refractivity contribution in [1.29, 1.82) is 0 Å². The third-order valence-electron chi connectivity index (χ3n) is 4.22. The molecule has 1 aromatic heterocycles. The van der Waals surface area contributed by atoms with Crippen LogP contribution >= 0.6 is 0 Å². The number of aliphatic imine (C=N–C) groups is 1. The lowest BCUT2D eigenvalue weighted by molar-refractivity contribution is 0.282. The number of aliphatic hydroxyl groups is 1. The third kappa shape index (κ3) is 3.54. The van der Waals surface area contributed by atoms with Gasteiger partial charge in [-0.05, 0) is 11.6 Å². The van der Waals surface area contributed by atoms with Crippen molar-refractivity contribution >= 4 is 17.5 Å². The topological polar surface area (TPSA) is 93.6 Å². The van der Waals surface area contributed by atoms with E-state index < -0.39 is 0 Å². The Balaban J connectivity index is 1.72. The quantitative estimate of drug-likeness (QED) is 0.732. The summed E-state index contributed by atoms with van der Waals surface area (Å²) in [6.07, 6.45) is 3.35. The van der Waals surface area contributed by atoms with Gasteiger partial charge in [-0.3, -0.25) is 0 Å². The Kier molecular flexibility index (Phi) is 4.70. The molecular weight excluding hydrogens is 352 g/mol. The van der Waals surface area contributed by atoms with Crippen molar-refractivity contribution in [2.45, 2.75) is 6.61 Å². The molecule has 0 amide bonds. The van der Waals surface area contributed by atoms with Gasteiger partial charge in [0.1, 0.15) is 5.76 Å². The fourth-order valence-electron chi connectivity index (χ4n) is 2.84. The summed E-state index contributed by atoms with van der Waals surface area (Å²) >= 11 is 0. The van der Waals surface area contributed by atoms with Crippen LogP contribution in [0.4, 0.5) is 5.82 Å². The number of aliphatic hydroxyl groups excluding tert-OH is 1. The fraction of sp³-hybridized carbons (Fsp3) is 0.0455. The minimum absolute atomic E-state index is 0.0516. The maximum absolute atomic E-state index is 9.37. The highest BCUT2D eigenvalue weighted by molar-refractivity contribution is 6.01. The largest absolute Gasteiger partial charge is 0.436 e. The molecule has 0 bridgehead atoms. The lowest BCUT2D eigenvalue weighted by Gasteiger charge is -2.17. The van der Waals surface area contributed by atoms with Gasteiger partial charge in [0.25, 0.3) is 0 Å². The van der Waals surface area contributed by atoms with Crippen LogP contribution < -0.4 is 5.73 Å². The standard InChI is InChI=1S/C22H18N4O2/c1-14-10-19(16-7-3-2-4-8-16)28-22(25-14)20-21(23)24-12-18(26-20)17-9-5-6-15(11-17)13-27/h2-12,27H,1,13H2,(H2,23,24). The molecule has 4 rings (SSSR count). The van der Waals surface area contributed by atoms with Crippen LogP contribution in [0.2, 0.25) is 0 Å². The van der Waals surface area contributed by atoms with Gasteiger partial charge in [0.2, 0.25) is 5.90 Å². The van der Waals surface area contributed by atoms with Crippen LogP contribution in [0.5, 0.6) is 0 Å². The molecule has 0 spiro atoms. The van der Waals surface area contributed by atoms with E-state index in [1.165, 1.54) is 0 Å². The van der Waals surface area contributed by atoms with E-state index in [0.29, 0.717) is 22.8 Å². The molecule has 0 unspecified atom stereocenters. The minimum Gasteiger partial charge on any atom is -0.436 e. The predicted octanol–water partition coefficient (Wildman–Crippen LogP) is 3.55. The first-order valence-corrected chi connectivity index (χ1v) is 8.69. The van der Waals surface area contributed by atoms with E-state index in [9.17, 15) is 5.11 Å². The van der Waals surface area contributed by atoms with Crippen LogP contribution in [0.3, 0.4) is 0 Å². The first-order valence-electron chi connectivity index (χ1n) is 8.69. The number of nitrogens with two attached hydrogens (primary N) is 1. The van der Waals surface area contributed by atoms with Crippen molar-refractivity contribution < 1.29 is 9.84 Å². The first kappa shape index (κ1) is 17.6. The number of nitrogens with zero attached hydrogens (tertiary/aromatic N) is 3. The molecule has 0 aliphatic carbocycles. The predicted molar refractivity (Wildman–Crippen MR) is 109 cm³/mol. The number of hydrogen-bond donors (Lipinski definition) is 2. The van der Waals surface area contributed by atoms with Crippen molar-refractivity contribution in [3.8, 4) is 11.3 Å². The van der Waals surface area contributed by atoms with E-state index >= 15 is 0 Å². The van der Waals surface area contributed by atoms with E-state index in [2.05, 4.69) is 21.5 Å². The SMILES string of the molecule is C=C1C=C(c2ccccc2)OC(c2nc(-c3cccc(CO)c3)cnc2N)=N1. The molecule has 1 aliphatic heterocycles. The van der Waals surface area contributed by atoms with Gasteiger partial charge >= 0.3 is 0 Å². The second kappa shape index (κ2) is 7.46. The molecule has 138 valence electrons. The monoisotopic (exact) mass is 370 g/mol. The van der Waals surface area contributed by atoms with Crippen molar-refractivity contribution in [1.82, 2.24) is 9.97 Å².